The van der Waals surface area contributed by atoms with Crippen LogP contribution in [0.15, 0.2) is 0 Å². The van der Waals surface area contributed by atoms with E-state index in [9.17, 15) is 9.59 Å². The third-order valence-corrected chi connectivity index (χ3v) is 6.32. The van der Waals surface area contributed by atoms with E-state index in [1.165, 1.54) is 11.3 Å². The molecule has 2 fully saturated rings. The van der Waals surface area contributed by atoms with Crippen LogP contribution in [0.3, 0.4) is 0 Å². The molecular formula is C18H23N5O3S. The van der Waals surface area contributed by atoms with Crippen LogP contribution in [0.5, 0.6) is 0 Å². The number of H-pyrrole nitrogens is 1. The van der Waals surface area contributed by atoms with E-state index in [1.807, 2.05) is 27.7 Å². The van der Waals surface area contributed by atoms with Gasteiger partial charge in [-0.25, -0.2) is 9.97 Å². The highest BCUT2D eigenvalue weighted by atomic mass is 32.1. The van der Waals surface area contributed by atoms with Crippen LogP contribution >= 0.6 is 11.3 Å². The zero-order valence-electron chi connectivity index (χ0n) is 15.8. The molecule has 1 aliphatic carbocycles. The summed E-state index contributed by atoms with van der Waals surface area (Å²) < 4.78 is 5.84. The molecule has 2 bridgehead atoms. The van der Waals surface area contributed by atoms with E-state index in [-0.39, 0.29) is 24.0 Å². The van der Waals surface area contributed by atoms with E-state index in [4.69, 9.17) is 4.74 Å². The van der Waals surface area contributed by atoms with E-state index in [0.29, 0.717) is 35.8 Å². The van der Waals surface area contributed by atoms with Gasteiger partial charge in [0.05, 0.1) is 35.0 Å². The van der Waals surface area contributed by atoms with Crippen LogP contribution in [-0.4, -0.2) is 51.1 Å². The Balaban J connectivity index is 1.44. The second-order valence-electron chi connectivity index (χ2n) is 7.52. The van der Waals surface area contributed by atoms with E-state index in [1.54, 1.807) is 0 Å². The van der Waals surface area contributed by atoms with Gasteiger partial charge in [-0.3, -0.25) is 9.59 Å². The van der Waals surface area contributed by atoms with Crippen molar-refractivity contribution in [3.05, 3.63) is 32.8 Å². The number of carbonyl (C=O) groups is 2. The number of thiazole rings is 1. The zero-order valence-corrected chi connectivity index (χ0v) is 16.6. The van der Waals surface area contributed by atoms with Crippen molar-refractivity contribution in [1.82, 2.24) is 25.6 Å². The number of aromatic nitrogens is 3. The van der Waals surface area contributed by atoms with Crippen LogP contribution in [0, 0.1) is 27.7 Å². The number of nitrogens with one attached hydrogen (secondary N) is 3. The molecule has 3 N–H and O–H groups in total. The number of aromatic amines is 1. The minimum atomic E-state index is -0.444. The minimum absolute atomic E-state index is 0.0983. The maximum absolute atomic E-state index is 12.7. The predicted molar refractivity (Wildman–Crippen MR) is 100 cm³/mol. The van der Waals surface area contributed by atoms with Crippen molar-refractivity contribution in [2.24, 2.45) is 0 Å². The Morgan fingerprint density at radius 3 is 2.59 bits per heavy atom. The summed E-state index contributed by atoms with van der Waals surface area (Å²) in [5.74, 6) is 0.377. The van der Waals surface area contributed by atoms with Gasteiger partial charge in [0.1, 0.15) is 16.4 Å². The van der Waals surface area contributed by atoms with Gasteiger partial charge in [-0.1, -0.05) is 0 Å². The Hall–Kier alpha value is -2.26. The molecule has 0 spiro atoms. The largest absolute Gasteiger partial charge is 0.374 e. The van der Waals surface area contributed by atoms with E-state index < -0.39 is 5.54 Å². The fourth-order valence-electron chi connectivity index (χ4n) is 4.11. The van der Waals surface area contributed by atoms with Gasteiger partial charge in [-0.2, -0.15) is 0 Å². The molecule has 0 aromatic carbocycles. The molecule has 144 valence electrons. The van der Waals surface area contributed by atoms with E-state index in [2.05, 4.69) is 25.6 Å². The van der Waals surface area contributed by atoms with Crippen LogP contribution in [0.4, 0.5) is 0 Å². The molecule has 3 atom stereocenters. The Morgan fingerprint density at radius 1 is 1.19 bits per heavy atom. The number of imidazole rings is 1. The molecule has 4 rings (SSSR count). The average Bonchev–Trinajstić information content (AvgIpc) is 3.30. The first kappa shape index (κ1) is 18.1. The van der Waals surface area contributed by atoms with Gasteiger partial charge in [-0.15, -0.1) is 11.3 Å². The summed E-state index contributed by atoms with van der Waals surface area (Å²) in [6, 6.07) is -0.146. The molecule has 2 aromatic rings. The van der Waals surface area contributed by atoms with Crippen molar-refractivity contribution in [3.8, 4) is 0 Å². The third kappa shape index (κ3) is 3.25. The molecule has 3 heterocycles. The maximum Gasteiger partial charge on any atom is 0.272 e. The number of ether oxygens (including phenoxy) is 1. The van der Waals surface area contributed by atoms with Crippen LogP contribution in [-0.2, 0) is 4.74 Å². The molecule has 1 saturated heterocycles. The molecular weight excluding hydrogens is 366 g/mol. The Morgan fingerprint density at radius 2 is 1.96 bits per heavy atom. The molecule has 9 heteroatoms. The van der Waals surface area contributed by atoms with Crippen molar-refractivity contribution in [3.63, 3.8) is 0 Å². The number of nitrogens with zero attached hydrogens (tertiary/aromatic N) is 2. The predicted octanol–water partition coefficient (Wildman–Crippen LogP) is 1.56. The smallest absolute Gasteiger partial charge is 0.272 e. The summed E-state index contributed by atoms with van der Waals surface area (Å²) in [5.41, 5.74) is 1.45. The normalized spacial score (nSPS) is 26.4. The lowest BCUT2D eigenvalue weighted by Crippen LogP contribution is -2.52. The lowest BCUT2D eigenvalue weighted by atomic mass is 9.98. The Bertz CT molecular complexity index is 920. The van der Waals surface area contributed by atoms with Gasteiger partial charge in [-0.05, 0) is 34.1 Å². The van der Waals surface area contributed by atoms with Crippen molar-refractivity contribution in [2.45, 2.75) is 58.2 Å². The van der Waals surface area contributed by atoms with Crippen LogP contribution in [0.1, 0.15) is 55.2 Å². The highest BCUT2D eigenvalue weighted by molar-refractivity contribution is 7.13. The standard InChI is InChI=1S/C18H23N5O3S/c1-8-14(21-10(3)19-8)16(24)22-12-5-18(6-13(12)26-7-18)23-17(25)15-9(2)20-11(4)27-15/h12-13H,5-7H2,1-4H3,(H,19,21)(H,22,24)(H,23,25)/t12-,13-,18+/m1/s1. The highest BCUT2D eigenvalue weighted by Gasteiger charge is 2.53. The third-order valence-electron chi connectivity index (χ3n) is 5.25. The van der Waals surface area contributed by atoms with Gasteiger partial charge in [0.2, 0.25) is 0 Å². The van der Waals surface area contributed by atoms with Crippen molar-refractivity contribution < 1.29 is 14.3 Å². The molecule has 8 nitrogen and oxygen atoms in total. The molecule has 27 heavy (non-hydrogen) atoms. The van der Waals surface area contributed by atoms with E-state index in [0.717, 1.165) is 16.4 Å². The first-order chi connectivity index (χ1) is 12.8. The molecule has 1 saturated carbocycles. The molecule has 1 aliphatic heterocycles. The minimum Gasteiger partial charge on any atom is -0.374 e. The number of amides is 2. The van der Waals surface area contributed by atoms with Gasteiger partial charge < -0.3 is 20.4 Å². The molecule has 0 unspecified atom stereocenters. The van der Waals surface area contributed by atoms with Crippen molar-refractivity contribution in [1.29, 1.82) is 0 Å². The molecule has 2 amide bonds. The van der Waals surface area contributed by atoms with Crippen molar-refractivity contribution in [2.75, 3.05) is 6.61 Å². The van der Waals surface area contributed by atoms with Gasteiger partial charge >= 0.3 is 0 Å². The summed E-state index contributed by atoms with van der Waals surface area (Å²) in [7, 11) is 0. The zero-order chi connectivity index (χ0) is 19.3. The molecule has 2 aromatic heterocycles. The Kier molecular flexibility index (Phi) is 4.31. The highest BCUT2D eigenvalue weighted by Crippen LogP contribution is 2.40. The maximum atomic E-state index is 12.7. The lowest BCUT2D eigenvalue weighted by molar-refractivity contribution is 0.0352. The quantitative estimate of drug-likeness (QED) is 0.735. The fraction of sp³-hybridized carbons (Fsp3) is 0.556. The monoisotopic (exact) mass is 389 g/mol. The van der Waals surface area contributed by atoms with Crippen LogP contribution in [0.25, 0.3) is 0 Å². The summed E-state index contributed by atoms with van der Waals surface area (Å²) in [6.45, 7) is 7.84. The van der Waals surface area contributed by atoms with Gasteiger partial charge in [0.25, 0.3) is 11.8 Å². The lowest BCUT2D eigenvalue weighted by Gasteiger charge is -2.30. The van der Waals surface area contributed by atoms with Crippen LogP contribution in [0.2, 0.25) is 0 Å². The average molecular weight is 389 g/mol. The summed E-state index contributed by atoms with van der Waals surface area (Å²) >= 11 is 1.40. The van der Waals surface area contributed by atoms with Crippen LogP contribution < -0.4 is 10.6 Å². The SMILES string of the molecule is Cc1nc(C(=O)N[C@@H]2C[C@@]3(NC(=O)c4sc(C)nc4C)CO[C@@H]2C3)c(C)[nH]1. The number of carbonyl (C=O) groups excluding carboxylic acids is 2. The number of fused-ring (bicyclic) bond motifs is 2. The van der Waals surface area contributed by atoms with E-state index >= 15 is 0 Å². The fourth-order valence-corrected chi connectivity index (χ4v) is 4.93. The number of aryl methyl sites for hydroxylation is 4. The molecule has 2 aliphatic rings. The number of hydrogen-bond acceptors (Lipinski definition) is 6. The first-order valence-electron chi connectivity index (χ1n) is 8.98. The van der Waals surface area contributed by atoms with Gasteiger partial charge in [0.15, 0.2) is 0 Å². The second kappa shape index (κ2) is 6.42. The first-order valence-corrected chi connectivity index (χ1v) is 9.80. The van der Waals surface area contributed by atoms with Gasteiger partial charge in [0, 0.05) is 12.1 Å². The Labute approximate surface area is 161 Å². The molecule has 0 radical (unpaired) electrons. The summed E-state index contributed by atoms with van der Waals surface area (Å²) in [5, 5.41) is 7.04. The second-order valence-corrected chi connectivity index (χ2v) is 8.72. The summed E-state index contributed by atoms with van der Waals surface area (Å²) in [6.07, 6.45) is 1.24. The number of hydrogen-bond donors (Lipinski definition) is 3. The summed E-state index contributed by atoms with van der Waals surface area (Å²) in [4.78, 5) is 37.5. The van der Waals surface area contributed by atoms with Crippen molar-refractivity contribution >= 4 is 23.2 Å². The number of rotatable bonds is 4. The topological polar surface area (TPSA) is 109 Å².